The molecule has 0 atom stereocenters. The predicted molar refractivity (Wildman–Crippen MR) is 95.4 cm³/mol. The van der Waals surface area contributed by atoms with E-state index in [1.54, 1.807) is 0 Å². The Morgan fingerprint density at radius 3 is 2.55 bits per heavy atom. The summed E-state index contributed by atoms with van der Waals surface area (Å²) in [6, 6.07) is 6.18. The highest BCUT2D eigenvalue weighted by Crippen LogP contribution is 2.31. The number of carbonyl (C=O) groups excluding carboxylic acids is 1. The van der Waals surface area contributed by atoms with E-state index in [4.69, 9.17) is 4.74 Å². The molecule has 0 aliphatic heterocycles. The van der Waals surface area contributed by atoms with E-state index in [2.05, 4.69) is 68.0 Å². The van der Waals surface area contributed by atoms with E-state index in [1.165, 1.54) is 5.56 Å². The Bertz CT molecular complexity index is 492. The van der Waals surface area contributed by atoms with Crippen molar-refractivity contribution in [3.63, 3.8) is 0 Å². The van der Waals surface area contributed by atoms with Crippen LogP contribution in [0.5, 0.6) is 5.75 Å². The van der Waals surface area contributed by atoms with Gasteiger partial charge in [0.1, 0.15) is 5.75 Å². The van der Waals surface area contributed by atoms with Crippen molar-refractivity contribution < 1.29 is 9.53 Å². The highest BCUT2D eigenvalue weighted by molar-refractivity contribution is 9.10. The van der Waals surface area contributed by atoms with Crippen molar-refractivity contribution in [3.8, 4) is 5.75 Å². The number of amides is 1. The molecule has 0 aliphatic carbocycles. The van der Waals surface area contributed by atoms with Gasteiger partial charge in [0.05, 0.1) is 11.1 Å². The lowest BCUT2D eigenvalue weighted by molar-refractivity contribution is -0.121. The van der Waals surface area contributed by atoms with Gasteiger partial charge >= 0.3 is 0 Å². The molecule has 124 valence electrons. The molecular weight excluding hydrogens is 342 g/mol. The first-order valence-electron chi connectivity index (χ1n) is 7.89. The minimum Gasteiger partial charge on any atom is -0.492 e. The molecule has 1 N–H and O–H groups in total. The Hall–Kier alpha value is -1.03. The molecule has 0 heterocycles. The number of ether oxygens (including phenoxy) is 1. The lowest BCUT2D eigenvalue weighted by Gasteiger charge is -2.20. The van der Waals surface area contributed by atoms with E-state index in [1.807, 2.05) is 6.07 Å². The summed E-state index contributed by atoms with van der Waals surface area (Å²) in [6.45, 7) is 12.0. The van der Waals surface area contributed by atoms with Gasteiger partial charge in [-0.2, -0.15) is 0 Å². The van der Waals surface area contributed by atoms with Gasteiger partial charge in [-0.3, -0.25) is 4.79 Å². The highest BCUT2D eigenvalue weighted by Gasteiger charge is 2.15. The molecule has 0 unspecified atom stereocenters. The van der Waals surface area contributed by atoms with Crippen LogP contribution in [0.4, 0.5) is 0 Å². The van der Waals surface area contributed by atoms with Gasteiger partial charge in [0.2, 0.25) is 5.91 Å². The van der Waals surface area contributed by atoms with Crippen LogP contribution in [0.2, 0.25) is 0 Å². The quantitative estimate of drug-likeness (QED) is 0.708. The number of hydrogen-bond donors (Lipinski definition) is 1. The molecule has 3 nitrogen and oxygen atoms in total. The average Bonchev–Trinajstić information content (AvgIpc) is 2.41. The maximum atomic E-state index is 11.6. The first-order valence-corrected chi connectivity index (χ1v) is 8.69. The molecule has 1 rings (SSSR count). The zero-order chi connectivity index (χ0) is 16.8. The van der Waals surface area contributed by atoms with Crippen molar-refractivity contribution in [2.24, 2.45) is 5.92 Å². The average molecular weight is 370 g/mol. The molecule has 1 aromatic carbocycles. The number of carbonyl (C=O) groups is 1. The molecule has 0 aromatic heterocycles. The second-order valence-electron chi connectivity index (χ2n) is 7.05. The summed E-state index contributed by atoms with van der Waals surface area (Å²) in [4.78, 5) is 11.6. The van der Waals surface area contributed by atoms with E-state index in [0.29, 0.717) is 18.9 Å². The van der Waals surface area contributed by atoms with Crippen LogP contribution in [0, 0.1) is 5.92 Å². The molecule has 1 amide bonds. The van der Waals surface area contributed by atoms with Crippen molar-refractivity contribution in [1.82, 2.24) is 5.32 Å². The lowest BCUT2D eigenvalue weighted by atomic mass is 9.87. The van der Waals surface area contributed by atoms with Crippen LogP contribution >= 0.6 is 15.9 Å². The van der Waals surface area contributed by atoms with E-state index >= 15 is 0 Å². The van der Waals surface area contributed by atoms with Crippen molar-refractivity contribution in [3.05, 3.63) is 28.2 Å². The Balaban J connectivity index is 2.38. The molecule has 0 aliphatic rings. The number of halogens is 1. The van der Waals surface area contributed by atoms with Crippen LogP contribution in [-0.2, 0) is 10.2 Å². The van der Waals surface area contributed by atoms with Crippen LogP contribution in [0.1, 0.15) is 53.0 Å². The van der Waals surface area contributed by atoms with E-state index in [9.17, 15) is 4.79 Å². The Morgan fingerprint density at radius 1 is 1.32 bits per heavy atom. The van der Waals surface area contributed by atoms with Crippen LogP contribution in [0.25, 0.3) is 0 Å². The van der Waals surface area contributed by atoms with E-state index < -0.39 is 0 Å². The highest BCUT2D eigenvalue weighted by atomic mass is 79.9. The van der Waals surface area contributed by atoms with Gasteiger partial charge in [0.15, 0.2) is 0 Å². The van der Waals surface area contributed by atoms with Gasteiger partial charge < -0.3 is 10.1 Å². The third-order valence-electron chi connectivity index (χ3n) is 3.31. The standard InChI is InChI=1S/C18H28BrNO2/c1-13(2)12-20-17(21)7-6-10-22-16-9-8-14(11-15(16)19)18(3,4)5/h8-9,11,13H,6-7,10,12H2,1-5H3,(H,20,21). The van der Waals surface area contributed by atoms with E-state index in [-0.39, 0.29) is 11.3 Å². The summed E-state index contributed by atoms with van der Waals surface area (Å²) in [5, 5.41) is 2.91. The monoisotopic (exact) mass is 369 g/mol. The third kappa shape index (κ3) is 6.82. The smallest absolute Gasteiger partial charge is 0.220 e. The molecule has 1 aromatic rings. The molecule has 0 bridgehead atoms. The van der Waals surface area contributed by atoms with Gasteiger partial charge in [0.25, 0.3) is 0 Å². The number of rotatable bonds is 7. The Morgan fingerprint density at radius 2 is 2.00 bits per heavy atom. The van der Waals surface area contributed by atoms with Gasteiger partial charge in [-0.1, -0.05) is 40.7 Å². The van der Waals surface area contributed by atoms with Crippen LogP contribution in [-0.4, -0.2) is 19.1 Å². The molecule has 4 heteroatoms. The molecule has 22 heavy (non-hydrogen) atoms. The summed E-state index contributed by atoms with van der Waals surface area (Å²) < 4.78 is 6.72. The maximum Gasteiger partial charge on any atom is 0.220 e. The molecule has 0 radical (unpaired) electrons. The second kappa shape index (κ2) is 8.56. The van der Waals surface area contributed by atoms with Crippen LogP contribution < -0.4 is 10.1 Å². The van der Waals surface area contributed by atoms with Gasteiger partial charge in [-0.15, -0.1) is 0 Å². The fourth-order valence-electron chi connectivity index (χ4n) is 1.91. The molecule has 0 fully saturated rings. The van der Waals surface area contributed by atoms with Gasteiger partial charge in [-0.05, 0) is 51.4 Å². The second-order valence-corrected chi connectivity index (χ2v) is 7.90. The zero-order valence-corrected chi connectivity index (χ0v) is 15.9. The van der Waals surface area contributed by atoms with Crippen molar-refractivity contribution in [2.45, 2.75) is 52.9 Å². The summed E-state index contributed by atoms with van der Waals surface area (Å²) in [5.41, 5.74) is 1.38. The van der Waals surface area contributed by atoms with Gasteiger partial charge in [0, 0.05) is 13.0 Å². The topological polar surface area (TPSA) is 38.3 Å². The Labute approximate surface area is 143 Å². The SMILES string of the molecule is CC(C)CNC(=O)CCCOc1ccc(C(C)(C)C)cc1Br. The van der Waals surface area contributed by atoms with Crippen molar-refractivity contribution >= 4 is 21.8 Å². The van der Waals surface area contributed by atoms with E-state index in [0.717, 1.165) is 23.2 Å². The van der Waals surface area contributed by atoms with Crippen LogP contribution in [0.15, 0.2) is 22.7 Å². The summed E-state index contributed by atoms with van der Waals surface area (Å²) in [5.74, 6) is 1.41. The normalized spacial score (nSPS) is 11.6. The summed E-state index contributed by atoms with van der Waals surface area (Å²) >= 11 is 3.56. The number of nitrogens with one attached hydrogen (secondary N) is 1. The summed E-state index contributed by atoms with van der Waals surface area (Å²) in [6.07, 6.45) is 1.22. The lowest BCUT2D eigenvalue weighted by Crippen LogP contribution is -2.27. The Kier molecular flexibility index (Phi) is 7.40. The first kappa shape index (κ1) is 19.0. The maximum absolute atomic E-state index is 11.6. The minimum atomic E-state index is 0.0967. The molecular formula is C18H28BrNO2. The fraction of sp³-hybridized carbons (Fsp3) is 0.611. The van der Waals surface area contributed by atoms with Crippen LogP contribution in [0.3, 0.4) is 0 Å². The molecule has 0 saturated heterocycles. The largest absolute Gasteiger partial charge is 0.492 e. The first-order chi connectivity index (χ1) is 10.2. The van der Waals surface area contributed by atoms with Crippen molar-refractivity contribution in [2.75, 3.05) is 13.2 Å². The predicted octanol–water partition coefficient (Wildman–Crippen LogP) is 4.68. The molecule has 0 saturated carbocycles. The van der Waals surface area contributed by atoms with Gasteiger partial charge in [-0.25, -0.2) is 0 Å². The summed E-state index contributed by atoms with van der Waals surface area (Å²) in [7, 11) is 0. The molecule has 0 spiro atoms. The number of benzene rings is 1. The third-order valence-corrected chi connectivity index (χ3v) is 3.93. The zero-order valence-electron chi connectivity index (χ0n) is 14.3. The van der Waals surface area contributed by atoms with Crippen molar-refractivity contribution in [1.29, 1.82) is 0 Å². The number of hydrogen-bond acceptors (Lipinski definition) is 2. The fourth-order valence-corrected chi connectivity index (χ4v) is 2.40. The minimum absolute atomic E-state index is 0.0967.